The summed E-state index contributed by atoms with van der Waals surface area (Å²) in [4.78, 5) is 24.8. The maximum absolute atomic E-state index is 13.5. The summed E-state index contributed by atoms with van der Waals surface area (Å²) in [6.45, 7) is 1.12. The van der Waals surface area contributed by atoms with E-state index in [0.717, 1.165) is 17.9 Å². The molecule has 0 saturated carbocycles. The van der Waals surface area contributed by atoms with Gasteiger partial charge in [0.1, 0.15) is 5.82 Å². The minimum atomic E-state index is -4.62. The SMILES string of the molecule is CC(=O)N(CCC(=O)NCCc1ccccc1F)c1ccccc1C(F)(F)F. The van der Waals surface area contributed by atoms with E-state index in [9.17, 15) is 27.2 Å². The predicted octanol–water partition coefficient (Wildman–Crippen LogP) is 3.95. The van der Waals surface area contributed by atoms with Crippen LogP contribution in [0.25, 0.3) is 0 Å². The van der Waals surface area contributed by atoms with Crippen LogP contribution in [0.2, 0.25) is 0 Å². The van der Waals surface area contributed by atoms with Gasteiger partial charge in [-0.1, -0.05) is 30.3 Å². The summed E-state index contributed by atoms with van der Waals surface area (Å²) in [5.74, 6) is -1.41. The maximum Gasteiger partial charge on any atom is 0.418 e. The number of halogens is 4. The largest absolute Gasteiger partial charge is 0.418 e. The van der Waals surface area contributed by atoms with Crippen LogP contribution in [0.15, 0.2) is 48.5 Å². The van der Waals surface area contributed by atoms with Crippen LogP contribution in [0.3, 0.4) is 0 Å². The lowest BCUT2D eigenvalue weighted by atomic mass is 10.1. The fourth-order valence-corrected chi connectivity index (χ4v) is 2.74. The number of hydrogen-bond acceptors (Lipinski definition) is 2. The number of carbonyl (C=O) groups is 2. The van der Waals surface area contributed by atoms with E-state index >= 15 is 0 Å². The van der Waals surface area contributed by atoms with Gasteiger partial charge in [-0.3, -0.25) is 9.59 Å². The second kappa shape index (κ2) is 9.34. The molecule has 28 heavy (non-hydrogen) atoms. The topological polar surface area (TPSA) is 49.4 Å². The number of benzene rings is 2. The van der Waals surface area contributed by atoms with Gasteiger partial charge in [0.05, 0.1) is 11.3 Å². The summed E-state index contributed by atoms with van der Waals surface area (Å²) >= 11 is 0. The fraction of sp³-hybridized carbons (Fsp3) is 0.300. The zero-order chi connectivity index (χ0) is 20.7. The number of para-hydroxylation sites is 1. The summed E-state index contributed by atoms with van der Waals surface area (Å²) in [6.07, 6.45) is -4.51. The van der Waals surface area contributed by atoms with Crippen molar-refractivity contribution in [2.45, 2.75) is 25.9 Å². The molecule has 0 radical (unpaired) electrons. The quantitative estimate of drug-likeness (QED) is 0.721. The molecule has 0 fully saturated rings. The molecule has 0 aliphatic heterocycles. The highest BCUT2D eigenvalue weighted by atomic mass is 19.4. The van der Waals surface area contributed by atoms with Gasteiger partial charge in [-0.25, -0.2) is 4.39 Å². The van der Waals surface area contributed by atoms with Crippen LogP contribution >= 0.6 is 0 Å². The van der Waals surface area contributed by atoms with Crippen molar-refractivity contribution in [2.75, 3.05) is 18.0 Å². The van der Waals surface area contributed by atoms with E-state index in [0.29, 0.717) is 5.56 Å². The van der Waals surface area contributed by atoms with Crippen LogP contribution in [0.4, 0.5) is 23.2 Å². The number of hydrogen-bond donors (Lipinski definition) is 1. The molecule has 1 N–H and O–H groups in total. The second-order valence-corrected chi connectivity index (χ2v) is 6.13. The molecular weight excluding hydrogens is 376 g/mol. The molecule has 0 saturated heterocycles. The third-order valence-electron chi connectivity index (χ3n) is 4.12. The standard InChI is InChI=1S/C20H20F4N2O2/c1-14(27)26(18-9-5-3-7-16(18)20(22,23)24)13-11-19(28)25-12-10-15-6-2-4-8-17(15)21/h2-9H,10-13H2,1H3,(H,25,28). The van der Waals surface area contributed by atoms with Crippen molar-refractivity contribution in [3.05, 3.63) is 65.5 Å². The lowest BCUT2D eigenvalue weighted by molar-refractivity contribution is -0.137. The van der Waals surface area contributed by atoms with Gasteiger partial charge in [0, 0.05) is 26.4 Å². The number of amides is 2. The number of carbonyl (C=O) groups excluding carboxylic acids is 2. The molecule has 150 valence electrons. The third-order valence-corrected chi connectivity index (χ3v) is 4.12. The van der Waals surface area contributed by atoms with Crippen LogP contribution in [0.5, 0.6) is 0 Å². The van der Waals surface area contributed by atoms with Crippen molar-refractivity contribution in [2.24, 2.45) is 0 Å². The lowest BCUT2D eigenvalue weighted by Gasteiger charge is -2.24. The average molecular weight is 396 g/mol. The van der Waals surface area contributed by atoms with Gasteiger partial charge in [-0.15, -0.1) is 0 Å². The summed E-state index contributed by atoms with van der Waals surface area (Å²) in [5.41, 5.74) is -0.779. The molecule has 2 aromatic rings. The maximum atomic E-state index is 13.5. The molecule has 0 atom stereocenters. The Hall–Kier alpha value is -2.90. The Balaban J connectivity index is 1.96. The lowest BCUT2D eigenvalue weighted by Crippen LogP contribution is -2.35. The first kappa shape index (κ1) is 21.4. The molecule has 0 unspecified atom stereocenters. The Morgan fingerprint density at radius 2 is 1.68 bits per heavy atom. The van der Waals surface area contributed by atoms with Crippen LogP contribution in [0.1, 0.15) is 24.5 Å². The van der Waals surface area contributed by atoms with E-state index < -0.39 is 23.6 Å². The molecule has 0 heterocycles. The van der Waals surface area contributed by atoms with Crippen LogP contribution in [-0.4, -0.2) is 24.9 Å². The average Bonchev–Trinajstić information content (AvgIpc) is 2.63. The number of anilines is 1. The first-order valence-corrected chi connectivity index (χ1v) is 8.64. The molecule has 0 aliphatic carbocycles. The molecule has 0 aromatic heterocycles. The van der Waals surface area contributed by atoms with E-state index in [4.69, 9.17) is 0 Å². The third kappa shape index (κ3) is 5.80. The molecule has 8 heteroatoms. The van der Waals surface area contributed by atoms with Gasteiger partial charge < -0.3 is 10.2 Å². The monoisotopic (exact) mass is 396 g/mol. The molecular formula is C20H20F4N2O2. The number of nitrogens with one attached hydrogen (secondary N) is 1. The highest BCUT2D eigenvalue weighted by molar-refractivity contribution is 5.93. The van der Waals surface area contributed by atoms with Crippen molar-refractivity contribution in [3.8, 4) is 0 Å². The Morgan fingerprint density at radius 3 is 2.32 bits per heavy atom. The number of nitrogens with zero attached hydrogens (tertiary/aromatic N) is 1. The number of alkyl halides is 3. The van der Waals surface area contributed by atoms with Crippen molar-refractivity contribution in [1.82, 2.24) is 5.32 Å². The highest BCUT2D eigenvalue weighted by Crippen LogP contribution is 2.36. The molecule has 2 aromatic carbocycles. The van der Waals surface area contributed by atoms with Crippen LogP contribution in [0, 0.1) is 5.82 Å². The van der Waals surface area contributed by atoms with Gasteiger partial charge in [0.25, 0.3) is 0 Å². The van der Waals surface area contributed by atoms with Gasteiger partial charge in [-0.2, -0.15) is 13.2 Å². The summed E-state index contributed by atoms with van der Waals surface area (Å²) in [5, 5.41) is 2.58. The van der Waals surface area contributed by atoms with E-state index in [-0.39, 0.29) is 37.4 Å². The highest BCUT2D eigenvalue weighted by Gasteiger charge is 2.35. The van der Waals surface area contributed by atoms with Gasteiger partial charge >= 0.3 is 6.18 Å². The van der Waals surface area contributed by atoms with Gasteiger partial charge in [0.15, 0.2) is 0 Å². The Bertz CT molecular complexity index is 837. The minimum Gasteiger partial charge on any atom is -0.356 e. The molecule has 0 spiro atoms. The summed E-state index contributed by atoms with van der Waals surface area (Å²) in [6, 6.07) is 10.9. The van der Waals surface area contributed by atoms with Crippen molar-refractivity contribution in [1.29, 1.82) is 0 Å². The minimum absolute atomic E-state index is 0.178. The Morgan fingerprint density at radius 1 is 1.04 bits per heavy atom. The van der Waals surface area contributed by atoms with Crippen molar-refractivity contribution in [3.63, 3.8) is 0 Å². The van der Waals surface area contributed by atoms with E-state index in [1.807, 2.05) is 0 Å². The molecule has 2 rings (SSSR count). The first-order chi connectivity index (χ1) is 13.2. The molecule has 4 nitrogen and oxygen atoms in total. The Kier molecular flexibility index (Phi) is 7.14. The summed E-state index contributed by atoms with van der Waals surface area (Å²) < 4.78 is 53.1. The zero-order valence-electron chi connectivity index (χ0n) is 15.2. The van der Waals surface area contributed by atoms with E-state index in [2.05, 4.69) is 5.32 Å². The van der Waals surface area contributed by atoms with E-state index in [1.165, 1.54) is 24.3 Å². The van der Waals surface area contributed by atoms with Gasteiger partial charge in [0.2, 0.25) is 11.8 Å². The fourth-order valence-electron chi connectivity index (χ4n) is 2.74. The zero-order valence-corrected chi connectivity index (χ0v) is 15.2. The predicted molar refractivity (Wildman–Crippen MR) is 97.2 cm³/mol. The number of rotatable bonds is 7. The van der Waals surface area contributed by atoms with Crippen LogP contribution < -0.4 is 10.2 Å². The molecule has 2 amide bonds. The van der Waals surface area contributed by atoms with Crippen molar-refractivity contribution >= 4 is 17.5 Å². The van der Waals surface area contributed by atoms with Gasteiger partial charge in [-0.05, 0) is 30.2 Å². The molecule has 0 aliphatic rings. The normalized spacial score (nSPS) is 11.2. The second-order valence-electron chi connectivity index (χ2n) is 6.13. The first-order valence-electron chi connectivity index (χ1n) is 8.64. The smallest absolute Gasteiger partial charge is 0.356 e. The van der Waals surface area contributed by atoms with E-state index in [1.54, 1.807) is 18.2 Å². The Labute approximate surface area is 160 Å². The summed E-state index contributed by atoms with van der Waals surface area (Å²) in [7, 11) is 0. The van der Waals surface area contributed by atoms with Crippen molar-refractivity contribution < 1.29 is 27.2 Å². The van der Waals surface area contributed by atoms with Crippen LogP contribution in [-0.2, 0) is 22.2 Å². The molecule has 0 bridgehead atoms.